The van der Waals surface area contributed by atoms with Crippen molar-refractivity contribution in [2.24, 2.45) is 0 Å². The monoisotopic (exact) mass is 291 g/mol. The maximum Gasteiger partial charge on any atom is 0.133 e. The molecule has 21 heavy (non-hydrogen) atoms. The first kappa shape index (κ1) is 15.4. The molecule has 0 aliphatic rings. The lowest BCUT2D eigenvalue weighted by molar-refractivity contribution is 0.454. The number of benzene rings is 2. The Bertz CT molecular complexity index is 655. The summed E-state index contributed by atoms with van der Waals surface area (Å²) in [5, 5.41) is 3.06. The molecule has 0 amide bonds. The largest absolute Gasteiger partial charge is 0.457 e. The molecule has 0 heterocycles. The normalized spacial score (nSPS) is 12.3. The highest BCUT2D eigenvalue weighted by molar-refractivity contribution is 5.44. The highest BCUT2D eigenvalue weighted by Crippen LogP contribution is 2.33. The van der Waals surface area contributed by atoms with Crippen LogP contribution in [0.3, 0.4) is 0 Å². The summed E-state index contributed by atoms with van der Waals surface area (Å²) in [7, 11) is 1.79. The van der Waals surface area contributed by atoms with Gasteiger partial charge in [-0.05, 0) is 57.1 Å². The third-order valence-electron chi connectivity index (χ3n) is 3.56. The standard InChI is InChI=1S/C17H19F2NO/c1-10-5-6-13(18)8-16(10)21-17-7-11(2)15(19)9-14(17)12(3)20-4/h5-9,12,20H,1-4H3. The Labute approximate surface area is 123 Å². The number of rotatable bonds is 4. The highest BCUT2D eigenvalue weighted by Gasteiger charge is 2.15. The van der Waals surface area contributed by atoms with E-state index >= 15 is 0 Å². The average molecular weight is 291 g/mol. The maximum atomic E-state index is 13.8. The van der Waals surface area contributed by atoms with Gasteiger partial charge in [0.1, 0.15) is 23.1 Å². The predicted molar refractivity (Wildman–Crippen MR) is 79.8 cm³/mol. The van der Waals surface area contributed by atoms with Crippen LogP contribution in [0.1, 0.15) is 29.7 Å². The number of aryl methyl sites for hydroxylation is 2. The van der Waals surface area contributed by atoms with Gasteiger partial charge >= 0.3 is 0 Å². The minimum atomic E-state index is -0.363. The number of ether oxygens (including phenoxy) is 1. The summed E-state index contributed by atoms with van der Waals surface area (Å²) in [6.45, 7) is 5.43. The molecule has 0 fully saturated rings. The smallest absolute Gasteiger partial charge is 0.133 e. The molecular formula is C17H19F2NO. The van der Waals surface area contributed by atoms with Crippen molar-refractivity contribution in [3.63, 3.8) is 0 Å². The van der Waals surface area contributed by atoms with Crippen LogP contribution in [0, 0.1) is 25.5 Å². The molecule has 0 radical (unpaired) electrons. The van der Waals surface area contributed by atoms with Gasteiger partial charge in [0, 0.05) is 17.7 Å². The number of hydrogen-bond donors (Lipinski definition) is 1. The molecular weight excluding hydrogens is 272 g/mol. The lowest BCUT2D eigenvalue weighted by Crippen LogP contribution is -2.14. The van der Waals surface area contributed by atoms with Gasteiger partial charge in [0.05, 0.1) is 0 Å². The Kier molecular flexibility index (Phi) is 4.58. The predicted octanol–water partition coefficient (Wildman–Crippen LogP) is 4.65. The fraction of sp³-hybridized carbons (Fsp3) is 0.294. The van der Waals surface area contributed by atoms with Crippen molar-refractivity contribution in [1.29, 1.82) is 0 Å². The summed E-state index contributed by atoms with van der Waals surface area (Å²) in [5.74, 6) is 0.322. The molecule has 1 unspecified atom stereocenters. The highest BCUT2D eigenvalue weighted by atomic mass is 19.1. The second kappa shape index (κ2) is 6.22. The number of hydrogen-bond acceptors (Lipinski definition) is 2. The van der Waals surface area contributed by atoms with Gasteiger partial charge in [-0.15, -0.1) is 0 Å². The average Bonchev–Trinajstić information content (AvgIpc) is 2.45. The quantitative estimate of drug-likeness (QED) is 0.885. The lowest BCUT2D eigenvalue weighted by Gasteiger charge is -2.18. The minimum Gasteiger partial charge on any atom is -0.457 e. The van der Waals surface area contributed by atoms with Gasteiger partial charge in [-0.3, -0.25) is 0 Å². The Morgan fingerprint density at radius 2 is 1.71 bits per heavy atom. The zero-order valence-electron chi connectivity index (χ0n) is 12.6. The summed E-state index contributed by atoms with van der Waals surface area (Å²) in [4.78, 5) is 0. The third-order valence-corrected chi connectivity index (χ3v) is 3.56. The number of halogens is 2. The second-order valence-corrected chi connectivity index (χ2v) is 5.16. The van der Waals surface area contributed by atoms with Crippen molar-refractivity contribution in [3.8, 4) is 11.5 Å². The van der Waals surface area contributed by atoms with Gasteiger partial charge in [-0.25, -0.2) is 8.78 Å². The SMILES string of the molecule is CNC(C)c1cc(F)c(C)cc1Oc1cc(F)ccc1C. The topological polar surface area (TPSA) is 21.3 Å². The van der Waals surface area contributed by atoms with E-state index in [9.17, 15) is 8.78 Å². The molecule has 0 spiro atoms. The molecule has 0 aromatic heterocycles. The van der Waals surface area contributed by atoms with E-state index in [0.29, 0.717) is 22.6 Å². The van der Waals surface area contributed by atoms with Gasteiger partial charge in [0.15, 0.2) is 0 Å². The summed E-state index contributed by atoms with van der Waals surface area (Å²) < 4.78 is 33.0. The van der Waals surface area contributed by atoms with Crippen LogP contribution in [0.15, 0.2) is 30.3 Å². The van der Waals surface area contributed by atoms with Crippen LogP contribution in [0.5, 0.6) is 11.5 Å². The molecule has 1 N–H and O–H groups in total. The van der Waals surface area contributed by atoms with Crippen molar-refractivity contribution in [3.05, 3.63) is 58.7 Å². The van der Waals surface area contributed by atoms with Crippen LogP contribution in [0.25, 0.3) is 0 Å². The van der Waals surface area contributed by atoms with Gasteiger partial charge in [-0.1, -0.05) is 6.07 Å². The van der Waals surface area contributed by atoms with Crippen LogP contribution < -0.4 is 10.1 Å². The zero-order chi connectivity index (χ0) is 15.6. The van der Waals surface area contributed by atoms with E-state index in [4.69, 9.17) is 4.74 Å². The van der Waals surface area contributed by atoms with Crippen molar-refractivity contribution < 1.29 is 13.5 Å². The maximum absolute atomic E-state index is 13.8. The Balaban J connectivity index is 2.47. The molecule has 1 atom stereocenters. The second-order valence-electron chi connectivity index (χ2n) is 5.16. The van der Waals surface area contributed by atoms with Gasteiger partial charge in [0.25, 0.3) is 0 Å². The molecule has 2 nitrogen and oxygen atoms in total. The molecule has 4 heteroatoms. The van der Waals surface area contributed by atoms with Gasteiger partial charge < -0.3 is 10.1 Å². The van der Waals surface area contributed by atoms with E-state index in [-0.39, 0.29) is 17.7 Å². The lowest BCUT2D eigenvalue weighted by atomic mass is 10.0. The van der Waals surface area contributed by atoms with Crippen molar-refractivity contribution in [2.75, 3.05) is 7.05 Å². The minimum absolute atomic E-state index is 0.0797. The first-order chi connectivity index (χ1) is 9.92. The zero-order valence-corrected chi connectivity index (χ0v) is 12.6. The van der Waals surface area contributed by atoms with Crippen LogP contribution >= 0.6 is 0 Å². The Hall–Kier alpha value is -1.94. The molecule has 0 aliphatic heterocycles. The summed E-state index contributed by atoms with van der Waals surface area (Å²) >= 11 is 0. The summed E-state index contributed by atoms with van der Waals surface area (Å²) in [6.07, 6.45) is 0. The first-order valence-electron chi connectivity index (χ1n) is 6.83. The van der Waals surface area contributed by atoms with E-state index in [1.165, 1.54) is 18.2 Å². The summed E-state index contributed by atoms with van der Waals surface area (Å²) in [6, 6.07) is 7.40. The Morgan fingerprint density at radius 1 is 1.00 bits per heavy atom. The van der Waals surface area contributed by atoms with Crippen LogP contribution in [-0.2, 0) is 0 Å². The van der Waals surface area contributed by atoms with E-state index in [1.54, 1.807) is 26.1 Å². The molecule has 2 rings (SSSR count). The van der Waals surface area contributed by atoms with Crippen molar-refractivity contribution >= 4 is 0 Å². The van der Waals surface area contributed by atoms with E-state index in [1.807, 2.05) is 13.8 Å². The molecule has 0 aliphatic carbocycles. The van der Waals surface area contributed by atoms with Crippen molar-refractivity contribution in [2.45, 2.75) is 26.8 Å². The fourth-order valence-corrected chi connectivity index (χ4v) is 2.06. The molecule has 0 saturated carbocycles. The first-order valence-corrected chi connectivity index (χ1v) is 6.83. The van der Waals surface area contributed by atoms with Crippen LogP contribution in [0.2, 0.25) is 0 Å². The van der Waals surface area contributed by atoms with Gasteiger partial charge in [-0.2, -0.15) is 0 Å². The number of nitrogens with one attached hydrogen (secondary N) is 1. The molecule has 2 aromatic carbocycles. The van der Waals surface area contributed by atoms with Crippen LogP contribution in [0.4, 0.5) is 8.78 Å². The molecule has 112 valence electrons. The van der Waals surface area contributed by atoms with Gasteiger partial charge in [0.2, 0.25) is 0 Å². The molecule has 0 bridgehead atoms. The van der Waals surface area contributed by atoms with E-state index < -0.39 is 0 Å². The van der Waals surface area contributed by atoms with Crippen LogP contribution in [-0.4, -0.2) is 7.05 Å². The summed E-state index contributed by atoms with van der Waals surface area (Å²) in [5.41, 5.74) is 2.01. The molecule has 0 saturated heterocycles. The third kappa shape index (κ3) is 3.39. The van der Waals surface area contributed by atoms with Crippen molar-refractivity contribution in [1.82, 2.24) is 5.32 Å². The molecule has 2 aromatic rings. The van der Waals surface area contributed by atoms with E-state index in [2.05, 4.69) is 5.32 Å². The Morgan fingerprint density at radius 3 is 2.38 bits per heavy atom. The fourth-order valence-electron chi connectivity index (χ4n) is 2.06. The van der Waals surface area contributed by atoms with E-state index in [0.717, 1.165) is 5.56 Å².